The molecule has 2 heterocycles. The average molecular weight is 305 g/mol. The van der Waals surface area contributed by atoms with Crippen LogP contribution in [0.3, 0.4) is 0 Å². The van der Waals surface area contributed by atoms with Crippen LogP contribution < -0.4 is 5.32 Å². The molecule has 0 amide bonds. The summed E-state index contributed by atoms with van der Waals surface area (Å²) in [6.45, 7) is 3.59. The van der Waals surface area contributed by atoms with Gasteiger partial charge in [0, 0.05) is 24.6 Å². The molecule has 23 heavy (non-hydrogen) atoms. The van der Waals surface area contributed by atoms with Gasteiger partial charge < -0.3 is 5.32 Å². The van der Waals surface area contributed by atoms with E-state index in [0.29, 0.717) is 12.6 Å². The number of nitrogens with zero attached hydrogens (tertiary/aromatic N) is 4. The molecule has 0 fully saturated rings. The molecule has 2 aromatic heterocycles. The standard InChI is InChI=1S/C18H19N5/c1-16(14-22-12-6-11-20-22)19-10-5-7-17-13-21-23(15-17)18-8-3-2-4-9-18/h2-4,6,8-9,11-13,15-16,19H,10,14H2,1H3. The summed E-state index contributed by atoms with van der Waals surface area (Å²) in [5.41, 5.74) is 1.95. The normalized spacial score (nSPS) is 11.7. The van der Waals surface area contributed by atoms with E-state index in [1.54, 1.807) is 12.4 Å². The van der Waals surface area contributed by atoms with Crippen molar-refractivity contribution in [3.8, 4) is 17.5 Å². The maximum atomic E-state index is 4.33. The van der Waals surface area contributed by atoms with E-state index in [1.165, 1.54) is 0 Å². The van der Waals surface area contributed by atoms with E-state index in [0.717, 1.165) is 17.8 Å². The Bertz CT molecular complexity index is 778. The summed E-state index contributed by atoms with van der Waals surface area (Å²) in [5, 5.41) is 11.9. The zero-order valence-electron chi connectivity index (χ0n) is 13.1. The zero-order valence-corrected chi connectivity index (χ0v) is 13.1. The van der Waals surface area contributed by atoms with E-state index in [4.69, 9.17) is 0 Å². The molecular formula is C18H19N5. The van der Waals surface area contributed by atoms with Crippen molar-refractivity contribution >= 4 is 0 Å². The highest BCUT2D eigenvalue weighted by Gasteiger charge is 2.01. The fourth-order valence-corrected chi connectivity index (χ4v) is 2.23. The number of hydrogen-bond donors (Lipinski definition) is 1. The quantitative estimate of drug-likeness (QED) is 0.734. The van der Waals surface area contributed by atoms with Crippen LogP contribution >= 0.6 is 0 Å². The van der Waals surface area contributed by atoms with Crippen LogP contribution in [0.5, 0.6) is 0 Å². The van der Waals surface area contributed by atoms with Gasteiger partial charge in [-0.1, -0.05) is 30.0 Å². The number of aromatic nitrogens is 4. The van der Waals surface area contributed by atoms with Gasteiger partial charge >= 0.3 is 0 Å². The summed E-state index contributed by atoms with van der Waals surface area (Å²) < 4.78 is 3.74. The lowest BCUT2D eigenvalue weighted by atomic mass is 10.3. The molecule has 0 aliphatic rings. The Hall–Kier alpha value is -2.84. The predicted molar refractivity (Wildman–Crippen MR) is 90.1 cm³/mol. The first-order valence-corrected chi connectivity index (χ1v) is 7.61. The first kappa shape index (κ1) is 15.1. The third-order valence-electron chi connectivity index (χ3n) is 3.40. The van der Waals surface area contributed by atoms with Crippen LogP contribution in [-0.4, -0.2) is 32.1 Å². The average Bonchev–Trinajstić information content (AvgIpc) is 3.24. The second-order valence-electron chi connectivity index (χ2n) is 5.32. The van der Waals surface area contributed by atoms with Crippen molar-refractivity contribution in [1.82, 2.24) is 24.9 Å². The maximum Gasteiger partial charge on any atom is 0.0651 e. The minimum Gasteiger partial charge on any atom is -0.302 e. The molecule has 1 atom stereocenters. The zero-order chi connectivity index (χ0) is 15.9. The molecule has 3 aromatic rings. The molecule has 0 bridgehead atoms. The fourth-order valence-electron chi connectivity index (χ4n) is 2.23. The molecule has 0 saturated carbocycles. The highest BCUT2D eigenvalue weighted by Crippen LogP contribution is 2.06. The third-order valence-corrected chi connectivity index (χ3v) is 3.40. The van der Waals surface area contributed by atoms with Gasteiger partial charge in [0.25, 0.3) is 0 Å². The molecule has 0 aliphatic carbocycles. The van der Waals surface area contributed by atoms with Gasteiger partial charge in [0.15, 0.2) is 0 Å². The lowest BCUT2D eigenvalue weighted by Crippen LogP contribution is -2.30. The van der Waals surface area contributed by atoms with Gasteiger partial charge in [0.05, 0.1) is 30.5 Å². The van der Waals surface area contributed by atoms with Crippen LogP contribution in [0.25, 0.3) is 5.69 Å². The number of nitrogens with one attached hydrogen (secondary N) is 1. The molecule has 0 radical (unpaired) electrons. The van der Waals surface area contributed by atoms with Crippen LogP contribution in [0.4, 0.5) is 0 Å². The summed E-state index contributed by atoms with van der Waals surface area (Å²) in [6, 6.07) is 12.3. The first-order chi connectivity index (χ1) is 11.3. The highest BCUT2D eigenvalue weighted by molar-refractivity contribution is 5.36. The predicted octanol–water partition coefficient (Wildman–Crippen LogP) is 2.10. The van der Waals surface area contributed by atoms with Gasteiger partial charge in [-0.3, -0.25) is 4.68 Å². The number of hydrogen-bond acceptors (Lipinski definition) is 3. The van der Waals surface area contributed by atoms with Gasteiger partial charge in [-0.25, -0.2) is 4.68 Å². The molecule has 0 spiro atoms. The minimum atomic E-state index is 0.316. The molecule has 1 N–H and O–H groups in total. The SMILES string of the molecule is CC(Cn1cccn1)NCC#Cc1cnn(-c2ccccc2)c1. The van der Waals surface area contributed by atoms with Crippen molar-refractivity contribution < 1.29 is 0 Å². The van der Waals surface area contributed by atoms with E-state index in [1.807, 2.05) is 58.2 Å². The van der Waals surface area contributed by atoms with E-state index in [2.05, 4.69) is 34.3 Å². The summed E-state index contributed by atoms with van der Waals surface area (Å²) in [5.74, 6) is 6.26. The Labute approximate surface area is 135 Å². The van der Waals surface area contributed by atoms with Crippen molar-refractivity contribution in [2.75, 3.05) is 6.54 Å². The van der Waals surface area contributed by atoms with E-state index < -0.39 is 0 Å². The summed E-state index contributed by atoms with van der Waals surface area (Å²) in [7, 11) is 0. The molecule has 1 aromatic carbocycles. The van der Waals surface area contributed by atoms with Gasteiger partial charge in [0.1, 0.15) is 0 Å². The topological polar surface area (TPSA) is 47.7 Å². The first-order valence-electron chi connectivity index (χ1n) is 7.61. The molecule has 5 nitrogen and oxygen atoms in total. The van der Waals surface area contributed by atoms with Crippen molar-refractivity contribution in [1.29, 1.82) is 0 Å². The molecule has 1 unspecified atom stereocenters. The summed E-state index contributed by atoms with van der Waals surface area (Å²) in [6.07, 6.45) is 7.47. The molecular weight excluding hydrogens is 286 g/mol. The molecule has 116 valence electrons. The molecule has 3 rings (SSSR count). The van der Waals surface area contributed by atoms with Gasteiger partial charge in [0.2, 0.25) is 0 Å². The highest BCUT2D eigenvalue weighted by atomic mass is 15.3. The van der Waals surface area contributed by atoms with E-state index >= 15 is 0 Å². The Morgan fingerprint density at radius 2 is 2.04 bits per heavy atom. The van der Waals surface area contributed by atoms with Crippen molar-refractivity contribution in [3.63, 3.8) is 0 Å². The van der Waals surface area contributed by atoms with Crippen LogP contribution in [-0.2, 0) is 6.54 Å². The Kier molecular flexibility index (Phi) is 4.87. The Balaban J connectivity index is 1.51. The second kappa shape index (κ2) is 7.43. The Morgan fingerprint density at radius 3 is 2.83 bits per heavy atom. The lowest BCUT2D eigenvalue weighted by Gasteiger charge is -2.11. The Morgan fingerprint density at radius 1 is 1.17 bits per heavy atom. The molecule has 0 saturated heterocycles. The summed E-state index contributed by atoms with van der Waals surface area (Å²) >= 11 is 0. The largest absolute Gasteiger partial charge is 0.302 e. The van der Waals surface area contributed by atoms with Gasteiger partial charge in [-0.05, 0) is 25.1 Å². The van der Waals surface area contributed by atoms with E-state index in [9.17, 15) is 0 Å². The number of rotatable bonds is 5. The second-order valence-corrected chi connectivity index (χ2v) is 5.32. The third kappa shape index (κ3) is 4.31. The van der Waals surface area contributed by atoms with Crippen molar-refractivity contribution in [3.05, 3.63) is 66.7 Å². The molecule has 5 heteroatoms. The number of benzene rings is 1. The number of para-hydroxylation sites is 1. The van der Waals surface area contributed by atoms with Crippen LogP contribution in [0.2, 0.25) is 0 Å². The van der Waals surface area contributed by atoms with Crippen molar-refractivity contribution in [2.24, 2.45) is 0 Å². The van der Waals surface area contributed by atoms with E-state index in [-0.39, 0.29) is 0 Å². The maximum absolute atomic E-state index is 4.33. The minimum absolute atomic E-state index is 0.316. The monoisotopic (exact) mass is 305 g/mol. The van der Waals surface area contributed by atoms with Crippen LogP contribution in [0.15, 0.2) is 61.2 Å². The van der Waals surface area contributed by atoms with Gasteiger partial charge in [-0.15, -0.1) is 0 Å². The van der Waals surface area contributed by atoms with Crippen LogP contribution in [0, 0.1) is 11.8 Å². The summed E-state index contributed by atoms with van der Waals surface area (Å²) in [4.78, 5) is 0. The van der Waals surface area contributed by atoms with Crippen molar-refractivity contribution in [2.45, 2.75) is 19.5 Å². The van der Waals surface area contributed by atoms with Crippen LogP contribution in [0.1, 0.15) is 12.5 Å². The lowest BCUT2D eigenvalue weighted by molar-refractivity contribution is 0.470. The van der Waals surface area contributed by atoms with Gasteiger partial charge in [-0.2, -0.15) is 10.2 Å². The fraction of sp³-hybridized carbons (Fsp3) is 0.222. The smallest absolute Gasteiger partial charge is 0.0651 e. The molecule has 0 aliphatic heterocycles.